The molecule has 2 nitrogen and oxygen atoms in total. The third-order valence-electron chi connectivity index (χ3n) is 2.31. The summed E-state index contributed by atoms with van der Waals surface area (Å²) >= 11 is 0. The summed E-state index contributed by atoms with van der Waals surface area (Å²) in [5.41, 5.74) is 0.999. The molecule has 0 spiro atoms. The van der Waals surface area contributed by atoms with Crippen LogP contribution < -0.4 is 0 Å². The van der Waals surface area contributed by atoms with Crippen molar-refractivity contribution in [3.63, 3.8) is 0 Å². The highest BCUT2D eigenvalue weighted by Gasteiger charge is 1.94. The minimum Gasteiger partial charge on any atom is -0.498 e. The first-order valence-corrected chi connectivity index (χ1v) is 6.05. The summed E-state index contributed by atoms with van der Waals surface area (Å²) in [6.07, 6.45) is 10.4. The molecule has 0 aromatic rings. The van der Waals surface area contributed by atoms with Gasteiger partial charge in [0.05, 0.1) is 12.4 Å². The molecule has 0 aromatic heterocycles. The second-order valence-electron chi connectivity index (χ2n) is 3.61. The van der Waals surface area contributed by atoms with E-state index in [4.69, 9.17) is 9.47 Å². The van der Waals surface area contributed by atoms with E-state index in [9.17, 15) is 0 Å². The standard InChI is InChI=1S/C15H24O2/c1-5-14(6-2)10-11-15(7-3)17-13-9-8-12-16-4/h5-6,10-11H,1-2,7-9,12-13H2,3-4H3/b15-11+. The van der Waals surface area contributed by atoms with Gasteiger partial charge in [-0.05, 0) is 24.5 Å². The summed E-state index contributed by atoms with van der Waals surface area (Å²) in [6.45, 7) is 11.0. The zero-order valence-corrected chi connectivity index (χ0v) is 11.1. The molecule has 0 unspecified atom stereocenters. The Balaban J connectivity index is 4.05. The lowest BCUT2D eigenvalue weighted by Crippen LogP contribution is -1.97. The fourth-order valence-electron chi connectivity index (χ4n) is 1.23. The van der Waals surface area contributed by atoms with E-state index >= 15 is 0 Å². The molecule has 0 fully saturated rings. The summed E-state index contributed by atoms with van der Waals surface area (Å²) in [4.78, 5) is 0. The van der Waals surface area contributed by atoms with Crippen LogP contribution in [-0.2, 0) is 9.47 Å². The maximum absolute atomic E-state index is 5.67. The Morgan fingerprint density at radius 1 is 1.06 bits per heavy atom. The largest absolute Gasteiger partial charge is 0.498 e. The van der Waals surface area contributed by atoms with E-state index in [0.717, 1.165) is 43.8 Å². The average molecular weight is 236 g/mol. The van der Waals surface area contributed by atoms with Gasteiger partial charge in [-0.15, -0.1) is 0 Å². The molecule has 0 amide bonds. The van der Waals surface area contributed by atoms with Crippen molar-refractivity contribution in [1.29, 1.82) is 0 Å². The zero-order chi connectivity index (χ0) is 12.9. The molecular formula is C15H24O2. The van der Waals surface area contributed by atoms with Gasteiger partial charge in [-0.25, -0.2) is 0 Å². The third kappa shape index (κ3) is 8.52. The second kappa shape index (κ2) is 11.2. The SMILES string of the molecule is C=CC(C=C)=C/C=C(\CC)OCCCCOC. The van der Waals surface area contributed by atoms with Crippen LogP contribution in [0.3, 0.4) is 0 Å². The number of rotatable bonds is 10. The van der Waals surface area contributed by atoms with Crippen molar-refractivity contribution in [2.75, 3.05) is 20.3 Å². The molecule has 0 aliphatic carbocycles. The molecule has 2 heteroatoms. The van der Waals surface area contributed by atoms with E-state index in [0.29, 0.717) is 0 Å². The van der Waals surface area contributed by atoms with Gasteiger partial charge < -0.3 is 9.47 Å². The Morgan fingerprint density at radius 3 is 2.24 bits per heavy atom. The van der Waals surface area contributed by atoms with Crippen molar-refractivity contribution in [2.45, 2.75) is 26.2 Å². The summed E-state index contributed by atoms with van der Waals surface area (Å²) < 4.78 is 10.7. The average Bonchev–Trinajstić information content (AvgIpc) is 2.37. The van der Waals surface area contributed by atoms with Crippen LogP contribution in [-0.4, -0.2) is 20.3 Å². The predicted molar refractivity (Wildman–Crippen MR) is 73.9 cm³/mol. The van der Waals surface area contributed by atoms with Gasteiger partial charge in [0.1, 0.15) is 0 Å². The lowest BCUT2D eigenvalue weighted by molar-refractivity contribution is 0.163. The van der Waals surface area contributed by atoms with Crippen LogP contribution in [0.25, 0.3) is 0 Å². The minimum atomic E-state index is 0.744. The van der Waals surface area contributed by atoms with Gasteiger partial charge in [0, 0.05) is 20.1 Å². The van der Waals surface area contributed by atoms with Crippen LogP contribution in [0.2, 0.25) is 0 Å². The van der Waals surface area contributed by atoms with Crippen LogP contribution in [0.4, 0.5) is 0 Å². The van der Waals surface area contributed by atoms with Crippen molar-refractivity contribution >= 4 is 0 Å². The number of methoxy groups -OCH3 is 1. The molecule has 0 N–H and O–H groups in total. The van der Waals surface area contributed by atoms with E-state index < -0.39 is 0 Å². The second-order valence-corrected chi connectivity index (χ2v) is 3.61. The number of allylic oxidation sites excluding steroid dienone is 6. The molecule has 0 aromatic carbocycles. The minimum absolute atomic E-state index is 0.744. The highest BCUT2D eigenvalue weighted by Crippen LogP contribution is 2.07. The lowest BCUT2D eigenvalue weighted by Gasteiger charge is -2.07. The predicted octanol–water partition coefficient (Wildman–Crippen LogP) is 4.02. The smallest absolute Gasteiger partial charge is 0.0957 e. The Labute approximate surface area is 105 Å². The van der Waals surface area contributed by atoms with Gasteiger partial charge in [-0.2, -0.15) is 0 Å². The van der Waals surface area contributed by atoms with Gasteiger partial charge in [-0.3, -0.25) is 0 Å². The van der Waals surface area contributed by atoms with E-state index in [2.05, 4.69) is 20.1 Å². The van der Waals surface area contributed by atoms with Gasteiger partial charge in [0.2, 0.25) is 0 Å². The molecule has 17 heavy (non-hydrogen) atoms. The Morgan fingerprint density at radius 2 is 1.71 bits per heavy atom. The molecule has 0 radical (unpaired) electrons. The van der Waals surface area contributed by atoms with Crippen molar-refractivity contribution in [3.05, 3.63) is 48.8 Å². The lowest BCUT2D eigenvalue weighted by atomic mass is 10.2. The number of unbranched alkanes of at least 4 members (excludes halogenated alkanes) is 1. The van der Waals surface area contributed by atoms with Crippen molar-refractivity contribution in [1.82, 2.24) is 0 Å². The first kappa shape index (κ1) is 15.7. The molecule has 0 atom stereocenters. The summed E-state index contributed by atoms with van der Waals surface area (Å²) in [5.74, 6) is 0.989. The van der Waals surface area contributed by atoms with Crippen molar-refractivity contribution in [3.8, 4) is 0 Å². The quantitative estimate of drug-likeness (QED) is 0.324. The maximum atomic E-state index is 5.67. The molecule has 0 aliphatic rings. The van der Waals surface area contributed by atoms with E-state index in [1.165, 1.54) is 0 Å². The Bertz CT molecular complexity index is 265. The zero-order valence-electron chi connectivity index (χ0n) is 11.1. The van der Waals surface area contributed by atoms with Crippen LogP contribution >= 0.6 is 0 Å². The Hall–Kier alpha value is -1.28. The van der Waals surface area contributed by atoms with Crippen LogP contribution in [0.5, 0.6) is 0 Å². The molecule has 0 saturated heterocycles. The first-order chi connectivity index (χ1) is 8.28. The highest BCUT2D eigenvalue weighted by molar-refractivity contribution is 5.31. The molecule has 0 heterocycles. The molecule has 0 aliphatic heterocycles. The van der Waals surface area contributed by atoms with Crippen molar-refractivity contribution in [2.24, 2.45) is 0 Å². The number of hydrogen-bond acceptors (Lipinski definition) is 2. The number of hydrogen-bond donors (Lipinski definition) is 0. The summed E-state index contributed by atoms with van der Waals surface area (Å²) in [7, 11) is 1.72. The van der Waals surface area contributed by atoms with E-state index in [1.54, 1.807) is 19.3 Å². The Kier molecular flexibility index (Phi) is 10.4. The van der Waals surface area contributed by atoms with Gasteiger partial charge in [0.15, 0.2) is 0 Å². The third-order valence-corrected chi connectivity index (χ3v) is 2.31. The van der Waals surface area contributed by atoms with Gasteiger partial charge in [0.25, 0.3) is 0 Å². The van der Waals surface area contributed by atoms with Crippen LogP contribution in [0, 0.1) is 0 Å². The van der Waals surface area contributed by atoms with Crippen molar-refractivity contribution < 1.29 is 9.47 Å². The van der Waals surface area contributed by atoms with E-state index in [1.807, 2.05) is 12.2 Å². The topological polar surface area (TPSA) is 18.5 Å². The van der Waals surface area contributed by atoms with E-state index in [-0.39, 0.29) is 0 Å². The summed E-state index contributed by atoms with van der Waals surface area (Å²) in [6, 6.07) is 0. The first-order valence-electron chi connectivity index (χ1n) is 6.05. The molecular weight excluding hydrogens is 212 g/mol. The highest BCUT2D eigenvalue weighted by atomic mass is 16.5. The van der Waals surface area contributed by atoms with Crippen LogP contribution in [0.1, 0.15) is 26.2 Å². The summed E-state index contributed by atoms with van der Waals surface area (Å²) in [5, 5.41) is 0. The fraction of sp³-hybridized carbons (Fsp3) is 0.467. The fourth-order valence-corrected chi connectivity index (χ4v) is 1.23. The number of ether oxygens (including phenoxy) is 2. The molecule has 0 saturated carbocycles. The van der Waals surface area contributed by atoms with Crippen LogP contribution in [0.15, 0.2) is 48.8 Å². The molecule has 0 rings (SSSR count). The maximum Gasteiger partial charge on any atom is 0.0957 e. The van der Waals surface area contributed by atoms with Gasteiger partial charge in [-0.1, -0.05) is 38.3 Å². The molecule has 96 valence electrons. The monoisotopic (exact) mass is 236 g/mol. The van der Waals surface area contributed by atoms with Gasteiger partial charge >= 0.3 is 0 Å². The normalized spacial score (nSPS) is 10.8. The molecule has 0 bridgehead atoms.